The molecular weight excluding hydrogens is 301 g/mol. The van der Waals surface area contributed by atoms with E-state index in [2.05, 4.69) is 4.98 Å². The van der Waals surface area contributed by atoms with Crippen LogP contribution < -0.4 is 0 Å². The minimum atomic E-state index is -9.65. The Morgan fingerprint density at radius 3 is 2.00 bits per heavy atom. The summed E-state index contributed by atoms with van der Waals surface area (Å²) in [7, 11) is -9.65. The number of aldehydes is 1. The van der Waals surface area contributed by atoms with E-state index in [-0.39, 0.29) is 11.1 Å². The quantitative estimate of drug-likeness (QED) is 0.575. The van der Waals surface area contributed by atoms with Crippen LogP contribution in [-0.4, -0.2) is 11.3 Å². The van der Waals surface area contributed by atoms with E-state index in [0.29, 0.717) is 24.0 Å². The minimum Gasteiger partial charge on any atom is -0.298 e. The molecule has 2 aromatic rings. The summed E-state index contributed by atoms with van der Waals surface area (Å²) in [6, 6.07) is 3.88. The van der Waals surface area contributed by atoms with Gasteiger partial charge in [-0.25, -0.2) is 0 Å². The van der Waals surface area contributed by atoms with Gasteiger partial charge in [-0.1, -0.05) is 31.6 Å². The van der Waals surface area contributed by atoms with Gasteiger partial charge >= 0.3 is 10.2 Å². The number of halogens is 5. The van der Waals surface area contributed by atoms with Gasteiger partial charge in [0.05, 0.1) is 0 Å². The first kappa shape index (κ1) is 14.4. The predicted molar refractivity (Wildman–Crippen MR) is 66.5 cm³/mol. The second-order valence-electron chi connectivity index (χ2n) is 4.12. The van der Waals surface area contributed by atoms with Crippen LogP contribution in [0.3, 0.4) is 0 Å². The van der Waals surface area contributed by atoms with E-state index in [0.717, 1.165) is 12.1 Å². The zero-order chi connectivity index (χ0) is 15.1. The van der Waals surface area contributed by atoms with Crippen LogP contribution in [0.25, 0.3) is 11.1 Å². The van der Waals surface area contributed by atoms with Crippen molar-refractivity contribution in [2.45, 2.75) is 4.90 Å². The molecule has 0 amide bonds. The summed E-state index contributed by atoms with van der Waals surface area (Å²) in [5.41, 5.74) is 0.856. The Kier molecular flexibility index (Phi) is 2.73. The Morgan fingerprint density at radius 2 is 1.50 bits per heavy atom. The smallest absolute Gasteiger partial charge is 0.298 e. The lowest BCUT2D eigenvalue weighted by atomic mass is 10.1. The van der Waals surface area contributed by atoms with Gasteiger partial charge in [0.15, 0.2) is 6.29 Å². The van der Waals surface area contributed by atoms with Crippen LogP contribution in [0.5, 0.6) is 0 Å². The van der Waals surface area contributed by atoms with Gasteiger partial charge in [-0.2, -0.15) is 0 Å². The molecule has 1 aromatic carbocycles. The number of rotatable bonds is 3. The molecule has 0 bridgehead atoms. The van der Waals surface area contributed by atoms with E-state index in [1.165, 1.54) is 18.5 Å². The largest absolute Gasteiger partial charge is 0.310 e. The summed E-state index contributed by atoms with van der Waals surface area (Å²) in [6.07, 6.45) is 3.13. The molecule has 0 fully saturated rings. The standard InChI is InChI=1S/C12H8F5NOS/c13-20(14,15,16,17)12-3-1-10(2-4-12)11-5-9(8-19)6-18-7-11/h1-8H. The summed E-state index contributed by atoms with van der Waals surface area (Å²) in [4.78, 5) is 12.4. The van der Waals surface area contributed by atoms with E-state index in [4.69, 9.17) is 0 Å². The monoisotopic (exact) mass is 309 g/mol. The summed E-state index contributed by atoms with van der Waals surface area (Å²) >= 11 is 0. The van der Waals surface area contributed by atoms with Crippen molar-refractivity contribution in [3.63, 3.8) is 0 Å². The Morgan fingerprint density at radius 1 is 0.900 bits per heavy atom. The summed E-state index contributed by atoms with van der Waals surface area (Å²) in [5, 5.41) is 0. The number of carbonyl (C=O) groups is 1. The van der Waals surface area contributed by atoms with Gasteiger partial charge in [-0.15, -0.1) is 0 Å². The van der Waals surface area contributed by atoms with Crippen molar-refractivity contribution in [3.05, 3.63) is 48.3 Å². The Bertz CT molecular complexity index is 666. The molecule has 1 aromatic heterocycles. The fourth-order valence-electron chi connectivity index (χ4n) is 1.58. The molecule has 20 heavy (non-hydrogen) atoms. The molecule has 0 unspecified atom stereocenters. The molecule has 0 aliphatic heterocycles. The van der Waals surface area contributed by atoms with Crippen LogP contribution in [0.15, 0.2) is 47.6 Å². The third-order valence-electron chi connectivity index (χ3n) is 2.53. The number of hydrogen-bond donors (Lipinski definition) is 0. The van der Waals surface area contributed by atoms with Gasteiger partial charge in [0.1, 0.15) is 4.90 Å². The van der Waals surface area contributed by atoms with Gasteiger partial charge < -0.3 is 0 Å². The van der Waals surface area contributed by atoms with Crippen LogP contribution in [-0.2, 0) is 0 Å². The third kappa shape index (κ3) is 3.13. The van der Waals surface area contributed by atoms with Crippen molar-refractivity contribution in [1.29, 1.82) is 0 Å². The topological polar surface area (TPSA) is 30.0 Å². The maximum Gasteiger partial charge on any atom is 0.310 e. The van der Waals surface area contributed by atoms with Gasteiger partial charge in [-0.05, 0) is 23.8 Å². The van der Waals surface area contributed by atoms with E-state index < -0.39 is 15.1 Å². The number of pyridine rings is 1. The normalized spacial score (nSPS) is 15.2. The van der Waals surface area contributed by atoms with E-state index in [9.17, 15) is 24.2 Å². The van der Waals surface area contributed by atoms with Crippen LogP contribution in [0.4, 0.5) is 19.4 Å². The highest BCUT2D eigenvalue weighted by Gasteiger charge is 2.65. The highest BCUT2D eigenvalue weighted by Crippen LogP contribution is 3.02. The van der Waals surface area contributed by atoms with Crippen LogP contribution in [0.2, 0.25) is 0 Å². The average molecular weight is 309 g/mol. The van der Waals surface area contributed by atoms with Crippen molar-refractivity contribution in [1.82, 2.24) is 4.98 Å². The van der Waals surface area contributed by atoms with Gasteiger partial charge in [-0.3, -0.25) is 9.78 Å². The first-order valence-corrected chi connectivity index (χ1v) is 7.19. The molecule has 0 radical (unpaired) electrons. The number of hydrogen-bond acceptors (Lipinski definition) is 2. The Balaban J connectivity index is 2.46. The fraction of sp³-hybridized carbons (Fsp3) is 0. The summed E-state index contributed by atoms with van der Waals surface area (Å²) < 4.78 is 62.7. The maximum atomic E-state index is 12.5. The average Bonchev–Trinajstić information content (AvgIpc) is 2.36. The lowest BCUT2D eigenvalue weighted by Gasteiger charge is -2.40. The fourth-order valence-corrected chi connectivity index (χ4v) is 2.24. The number of aromatic nitrogens is 1. The molecule has 0 saturated carbocycles. The summed E-state index contributed by atoms with van der Waals surface area (Å²) in [5.74, 6) is 0. The third-order valence-corrected chi connectivity index (χ3v) is 3.69. The molecule has 0 saturated heterocycles. The van der Waals surface area contributed by atoms with E-state index in [1.54, 1.807) is 0 Å². The first-order valence-electron chi connectivity index (χ1n) is 5.24. The molecule has 1 heterocycles. The molecule has 2 nitrogen and oxygen atoms in total. The van der Waals surface area contributed by atoms with E-state index >= 15 is 0 Å². The maximum absolute atomic E-state index is 12.5. The van der Waals surface area contributed by atoms with Gasteiger partial charge in [0.2, 0.25) is 0 Å². The van der Waals surface area contributed by atoms with Gasteiger partial charge in [0, 0.05) is 23.5 Å². The van der Waals surface area contributed by atoms with Crippen molar-refractivity contribution < 1.29 is 24.2 Å². The van der Waals surface area contributed by atoms with Crippen LogP contribution in [0.1, 0.15) is 10.4 Å². The summed E-state index contributed by atoms with van der Waals surface area (Å²) in [6.45, 7) is 0. The van der Waals surface area contributed by atoms with Crippen molar-refractivity contribution in [2.24, 2.45) is 0 Å². The molecule has 0 N–H and O–H groups in total. The number of benzene rings is 1. The zero-order valence-corrected chi connectivity index (χ0v) is 10.6. The minimum absolute atomic E-state index is 0.235. The number of carbonyl (C=O) groups excluding carboxylic acids is 1. The second-order valence-corrected chi connectivity index (χ2v) is 6.53. The SMILES string of the molecule is O=Cc1cncc(-c2ccc(S(F)(F)(F)(F)F)cc2)c1. The second kappa shape index (κ2) is 3.78. The zero-order valence-electron chi connectivity index (χ0n) is 9.77. The van der Waals surface area contributed by atoms with Crippen molar-refractivity contribution >= 4 is 16.5 Å². The molecular formula is C12H8F5NOS. The molecule has 0 spiro atoms. The molecule has 0 aliphatic carbocycles. The Labute approximate surface area is 111 Å². The molecule has 2 rings (SSSR count). The van der Waals surface area contributed by atoms with Crippen LogP contribution in [0, 0.1) is 0 Å². The van der Waals surface area contributed by atoms with E-state index in [1.807, 2.05) is 0 Å². The van der Waals surface area contributed by atoms with Crippen molar-refractivity contribution in [2.75, 3.05) is 0 Å². The first-order chi connectivity index (χ1) is 8.99. The van der Waals surface area contributed by atoms with Crippen LogP contribution >= 0.6 is 10.2 Å². The van der Waals surface area contributed by atoms with Crippen molar-refractivity contribution in [3.8, 4) is 11.1 Å². The predicted octanol–water partition coefficient (Wildman–Crippen LogP) is 5.22. The number of nitrogens with zero attached hydrogens (tertiary/aromatic N) is 1. The highest BCUT2D eigenvalue weighted by atomic mass is 32.5. The highest BCUT2D eigenvalue weighted by molar-refractivity contribution is 8.45. The molecule has 108 valence electrons. The lowest BCUT2D eigenvalue weighted by Crippen LogP contribution is -2.05. The van der Waals surface area contributed by atoms with Gasteiger partial charge in [0.25, 0.3) is 0 Å². The molecule has 8 heteroatoms. The lowest BCUT2D eigenvalue weighted by molar-refractivity contribution is 0.112. The molecule has 0 atom stereocenters. The molecule has 0 aliphatic rings. The Hall–Kier alpha value is -1.96.